The molecule has 3 rings (SSSR count). The van der Waals surface area contributed by atoms with Gasteiger partial charge in [-0.1, -0.05) is 44.2 Å². The molecule has 0 unspecified atom stereocenters. The number of para-hydroxylation sites is 2. The highest BCUT2D eigenvalue weighted by molar-refractivity contribution is 5.73. The lowest BCUT2D eigenvalue weighted by atomic mass is 10.1. The number of benzene rings is 2. The second-order valence-electron chi connectivity index (χ2n) is 5.98. The summed E-state index contributed by atoms with van der Waals surface area (Å²) in [6, 6.07) is 16.4. The van der Waals surface area contributed by atoms with Gasteiger partial charge in [0, 0.05) is 19.2 Å². The summed E-state index contributed by atoms with van der Waals surface area (Å²) in [5, 5.41) is 12.8. The van der Waals surface area contributed by atoms with Crippen molar-refractivity contribution in [2.45, 2.75) is 20.4 Å². The van der Waals surface area contributed by atoms with Crippen molar-refractivity contribution in [2.75, 3.05) is 19.6 Å². The molecule has 5 heteroatoms. The monoisotopic (exact) mass is 337 g/mol. The van der Waals surface area contributed by atoms with Gasteiger partial charge in [0.2, 0.25) is 5.52 Å². The van der Waals surface area contributed by atoms with Crippen molar-refractivity contribution in [1.29, 1.82) is 0 Å². The van der Waals surface area contributed by atoms with Crippen molar-refractivity contribution in [3.05, 3.63) is 70.2 Å². The fourth-order valence-electron chi connectivity index (χ4n) is 3.15. The van der Waals surface area contributed by atoms with E-state index in [1.54, 1.807) is 22.8 Å². The van der Waals surface area contributed by atoms with Gasteiger partial charge >= 0.3 is 5.56 Å². The molecule has 0 amide bonds. The molecule has 130 valence electrons. The summed E-state index contributed by atoms with van der Waals surface area (Å²) in [5.74, 6) is 0. The maximum absolute atomic E-state index is 13.1. The quantitative estimate of drug-likeness (QED) is 0.513. The predicted octanol–water partition coefficient (Wildman–Crippen LogP) is 2.64. The highest BCUT2D eigenvalue weighted by atomic mass is 16.5. The number of aromatic nitrogens is 2. The molecular formula is C20H23N3O2. The van der Waals surface area contributed by atoms with E-state index in [9.17, 15) is 10.0 Å². The number of hydrogen-bond acceptors (Lipinski definition) is 3. The third-order valence-electron chi connectivity index (χ3n) is 4.62. The van der Waals surface area contributed by atoms with E-state index in [4.69, 9.17) is 0 Å². The first-order chi connectivity index (χ1) is 12.2. The summed E-state index contributed by atoms with van der Waals surface area (Å²) in [4.78, 5) is 15.4. The molecule has 0 atom stereocenters. The van der Waals surface area contributed by atoms with Crippen LogP contribution in [0.15, 0.2) is 59.4 Å². The Morgan fingerprint density at radius 3 is 2.32 bits per heavy atom. The van der Waals surface area contributed by atoms with Gasteiger partial charge in [-0.2, -0.15) is 4.73 Å². The predicted molar refractivity (Wildman–Crippen MR) is 100 cm³/mol. The van der Waals surface area contributed by atoms with E-state index in [-0.39, 0.29) is 11.3 Å². The highest BCUT2D eigenvalue weighted by Crippen LogP contribution is 2.15. The number of nitrogens with zero attached hydrogens (tertiary/aromatic N) is 3. The molecule has 0 aliphatic rings. The number of hydrogen-bond donors (Lipinski definition) is 0. The average molecular weight is 337 g/mol. The zero-order chi connectivity index (χ0) is 17.8. The van der Waals surface area contributed by atoms with Gasteiger partial charge in [-0.15, -0.1) is 0 Å². The molecule has 3 aromatic rings. The van der Waals surface area contributed by atoms with Crippen LogP contribution in [0.1, 0.15) is 13.8 Å². The Hall–Kier alpha value is -2.66. The number of rotatable bonds is 6. The van der Waals surface area contributed by atoms with Gasteiger partial charge in [-0.3, -0.25) is 9.36 Å². The largest absolute Gasteiger partial charge is 0.618 e. The zero-order valence-electron chi connectivity index (χ0n) is 14.7. The molecule has 1 heterocycles. The van der Waals surface area contributed by atoms with Gasteiger partial charge in [0.05, 0.1) is 5.56 Å². The lowest BCUT2D eigenvalue weighted by Crippen LogP contribution is -2.42. The molecule has 0 aliphatic carbocycles. The molecule has 0 aliphatic heterocycles. The van der Waals surface area contributed by atoms with Crippen LogP contribution in [-0.2, 0) is 6.54 Å². The molecule has 0 saturated heterocycles. The Balaban J connectivity index is 2.20. The van der Waals surface area contributed by atoms with Crippen LogP contribution in [0.4, 0.5) is 0 Å². The Kier molecular flexibility index (Phi) is 5.14. The molecule has 25 heavy (non-hydrogen) atoms. The summed E-state index contributed by atoms with van der Waals surface area (Å²) >= 11 is 0. The van der Waals surface area contributed by atoms with E-state index < -0.39 is 0 Å². The van der Waals surface area contributed by atoms with Crippen molar-refractivity contribution in [3.8, 4) is 11.3 Å². The normalized spacial score (nSPS) is 11.3. The number of likely N-dealkylation sites (N-methyl/N-ethyl adjacent to an activating group) is 1. The molecule has 0 saturated carbocycles. The first-order valence-corrected chi connectivity index (χ1v) is 8.70. The van der Waals surface area contributed by atoms with Crippen molar-refractivity contribution < 1.29 is 4.73 Å². The van der Waals surface area contributed by atoms with Gasteiger partial charge in [0.15, 0.2) is 0 Å². The zero-order valence-corrected chi connectivity index (χ0v) is 14.7. The summed E-state index contributed by atoms with van der Waals surface area (Å²) in [7, 11) is 0. The lowest BCUT2D eigenvalue weighted by Gasteiger charge is -2.20. The van der Waals surface area contributed by atoms with Crippen molar-refractivity contribution >= 4 is 11.0 Å². The van der Waals surface area contributed by atoms with Gasteiger partial charge < -0.3 is 10.1 Å². The summed E-state index contributed by atoms with van der Waals surface area (Å²) < 4.78 is 2.49. The van der Waals surface area contributed by atoms with E-state index in [2.05, 4.69) is 18.7 Å². The SMILES string of the molecule is CCN(CC)CCn1c(=O)c(-c2ccccc2)[n+]([O-])c2ccccc21. The fourth-order valence-corrected chi connectivity index (χ4v) is 3.15. The standard InChI is InChI=1S/C20H23N3O2/c1-3-21(4-2)14-15-22-17-12-8-9-13-18(17)23(25)19(20(22)24)16-10-6-5-7-11-16/h5-13H,3-4,14-15H2,1-2H3. The smallest absolute Gasteiger partial charge is 0.325 e. The second kappa shape index (κ2) is 7.49. The third kappa shape index (κ3) is 3.28. The van der Waals surface area contributed by atoms with E-state index in [0.717, 1.165) is 24.4 Å². The molecule has 1 aromatic heterocycles. The minimum Gasteiger partial charge on any atom is -0.618 e. The van der Waals surface area contributed by atoms with Crippen molar-refractivity contribution in [3.63, 3.8) is 0 Å². The molecule has 0 spiro atoms. The van der Waals surface area contributed by atoms with Gasteiger partial charge in [-0.05, 0) is 31.3 Å². The Morgan fingerprint density at radius 2 is 1.64 bits per heavy atom. The van der Waals surface area contributed by atoms with Crippen molar-refractivity contribution in [2.24, 2.45) is 0 Å². The van der Waals surface area contributed by atoms with Crippen LogP contribution in [0.5, 0.6) is 0 Å². The number of fused-ring (bicyclic) bond motifs is 1. The minimum atomic E-state index is -0.243. The van der Waals surface area contributed by atoms with Gasteiger partial charge in [-0.25, -0.2) is 0 Å². The molecular weight excluding hydrogens is 314 g/mol. The topological polar surface area (TPSA) is 52.2 Å². The molecule has 5 nitrogen and oxygen atoms in total. The van der Waals surface area contributed by atoms with Gasteiger partial charge in [0.25, 0.3) is 5.69 Å². The van der Waals surface area contributed by atoms with E-state index >= 15 is 0 Å². The maximum Gasteiger partial charge on any atom is 0.325 e. The second-order valence-corrected chi connectivity index (χ2v) is 5.98. The summed E-state index contributed by atoms with van der Waals surface area (Å²) in [6.07, 6.45) is 0. The van der Waals surface area contributed by atoms with Crippen LogP contribution >= 0.6 is 0 Å². The van der Waals surface area contributed by atoms with Crippen LogP contribution in [0, 0.1) is 5.21 Å². The van der Waals surface area contributed by atoms with Crippen molar-refractivity contribution in [1.82, 2.24) is 9.47 Å². The fraction of sp³-hybridized carbons (Fsp3) is 0.300. The van der Waals surface area contributed by atoms with Gasteiger partial charge in [0.1, 0.15) is 5.52 Å². The van der Waals surface area contributed by atoms with Crippen LogP contribution in [0.2, 0.25) is 0 Å². The van der Waals surface area contributed by atoms with E-state index in [0.29, 0.717) is 23.1 Å². The Labute approximate surface area is 147 Å². The van der Waals surface area contributed by atoms with E-state index in [1.807, 2.05) is 36.4 Å². The molecule has 0 fully saturated rings. The Morgan fingerprint density at radius 1 is 1.00 bits per heavy atom. The van der Waals surface area contributed by atoms with E-state index in [1.165, 1.54) is 0 Å². The third-order valence-corrected chi connectivity index (χ3v) is 4.62. The molecule has 0 bridgehead atoms. The van der Waals surface area contributed by atoms with Crippen LogP contribution in [0.25, 0.3) is 22.3 Å². The first-order valence-electron chi connectivity index (χ1n) is 8.70. The minimum absolute atomic E-state index is 0.179. The van der Waals surface area contributed by atoms with Crippen LogP contribution in [-0.4, -0.2) is 29.1 Å². The average Bonchev–Trinajstić information content (AvgIpc) is 2.66. The Bertz CT molecular complexity index is 915. The highest BCUT2D eigenvalue weighted by Gasteiger charge is 2.22. The summed E-state index contributed by atoms with van der Waals surface area (Å²) in [5.41, 5.74) is 1.77. The first kappa shape index (κ1) is 17.2. The maximum atomic E-state index is 13.1. The summed E-state index contributed by atoms with van der Waals surface area (Å²) in [6.45, 7) is 7.41. The van der Waals surface area contributed by atoms with Crippen LogP contribution < -0.4 is 10.3 Å². The molecule has 2 aromatic carbocycles. The lowest BCUT2D eigenvalue weighted by molar-refractivity contribution is -0.566. The molecule has 0 radical (unpaired) electrons. The van der Waals surface area contributed by atoms with Crippen LogP contribution in [0.3, 0.4) is 0 Å². The molecule has 0 N–H and O–H groups in total.